The fraction of sp³-hybridized carbons (Fsp3) is 0.833. The summed E-state index contributed by atoms with van der Waals surface area (Å²) in [5.41, 5.74) is 0. The van der Waals surface area contributed by atoms with Crippen LogP contribution in [0.1, 0.15) is 33.1 Å². The van der Waals surface area contributed by atoms with Gasteiger partial charge in [0.05, 0.1) is 25.7 Å². The normalized spacial score (nSPS) is 11.9. The second kappa shape index (κ2) is 11.0. The van der Waals surface area contributed by atoms with E-state index in [0.29, 0.717) is 39.1 Å². The summed E-state index contributed by atoms with van der Waals surface area (Å²) in [5.74, 6) is -0.621. The van der Waals surface area contributed by atoms with Gasteiger partial charge < -0.3 is 19.9 Å². The Morgan fingerprint density at radius 2 is 1.78 bits per heavy atom. The van der Waals surface area contributed by atoms with Gasteiger partial charge >= 0.3 is 11.9 Å². The summed E-state index contributed by atoms with van der Waals surface area (Å²) in [7, 11) is 0. The molecule has 0 saturated carbocycles. The van der Waals surface area contributed by atoms with Crippen molar-refractivity contribution >= 4 is 11.9 Å². The highest BCUT2D eigenvalue weighted by Gasteiger charge is 2.10. The molecule has 6 nitrogen and oxygen atoms in total. The van der Waals surface area contributed by atoms with Crippen LogP contribution in [0.15, 0.2) is 0 Å². The number of esters is 2. The van der Waals surface area contributed by atoms with Crippen LogP contribution in [0.5, 0.6) is 0 Å². The molecule has 0 heterocycles. The average Bonchev–Trinajstić information content (AvgIpc) is 2.29. The molecule has 106 valence electrons. The van der Waals surface area contributed by atoms with Crippen LogP contribution in [0.4, 0.5) is 0 Å². The molecule has 1 atom stereocenters. The minimum Gasteiger partial charge on any atom is -0.466 e. The molecule has 0 aromatic carbocycles. The highest BCUT2D eigenvalue weighted by molar-refractivity contribution is 5.70. The van der Waals surface area contributed by atoms with Gasteiger partial charge in [0.1, 0.15) is 0 Å². The maximum Gasteiger partial charge on any atom is 0.308 e. The standard InChI is InChI=1S/C12H23NO5/c1-3-17-11(15)6-5-7-13-9-10(14)8-12(16)18-4-2/h10,13-14H,3-9H2,1-2H3. The van der Waals surface area contributed by atoms with Crippen LogP contribution in [-0.4, -0.2) is 49.5 Å². The minimum absolute atomic E-state index is 0.0152. The van der Waals surface area contributed by atoms with Gasteiger partial charge in [0.25, 0.3) is 0 Å². The van der Waals surface area contributed by atoms with Crippen molar-refractivity contribution in [1.82, 2.24) is 5.32 Å². The fourth-order valence-electron chi connectivity index (χ4n) is 1.34. The van der Waals surface area contributed by atoms with Crippen LogP contribution in [0.25, 0.3) is 0 Å². The molecule has 6 heteroatoms. The third kappa shape index (κ3) is 10.0. The molecule has 0 aromatic heterocycles. The number of ether oxygens (including phenoxy) is 2. The second-order valence-corrected chi connectivity index (χ2v) is 3.78. The molecule has 0 rings (SSSR count). The molecular formula is C12H23NO5. The Morgan fingerprint density at radius 3 is 2.39 bits per heavy atom. The van der Waals surface area contributed by atoms with E-state index in [0.717, 1.165) is 0 Å². The van der Waals surface area contributed by atoms with E-state index >= 15 is 0 Å². The molecule has 0 spiro atoms. The monoisotopic (exact) mass is 261 g/mol. The Morgan fingerprint density at radius 1 is 1.17 bits per heavy atom. The lowest BCUT2D eigenvalue weighted by molar-refractivity contribution is -0.145. The predicted molar refractivity (Wildman–Crippen MR) is 66.0 cm³/mol. The van der Waals surface area contributed by atoms with Gasteiger partial charge in [-0.05, 0) is 26.8 Å². The van der Waals surface area contributed by atoms with E-state index < -0.39 is 12.1 Å². The molecule has 18 heavy (non-hydrogen) atoms. The SMILES string of the molecule is CCOC(=O)CCCNCC(O)CC(=O)OCC. The van der Waals surface area contributed by atoms with E-state index in [1.165, 1.54) is 0 Å². The van der Waals surface area contributed by atoms with E-state index in [-0.39, 0.29) is 12.4 Å². The largest absolute Gasteiger partial charge is 0.466 e. The molecule has 0 aromatic rings. The zero-order valence-electron chi connectivity index (χ0n) is 11.1. The summed E-state index contributed by atoms with van der Waals surface area (Å²) in [6.07, 6.45) is 0.227. The Balaban J connectivity index is 3.43. The molecule has 0 aliphatic rings. The summed E-state index contributed by atoms with van der Waals surface area (Å²) in [5, 5.41) is 12.4. The smallest absolute Gasteiger partial charge is 0.308 e. The summed E-state index contributed by atoms with van der Waals surface area (Å²) in [6, 6.07) is 0. The molecule has 1 unspecified atom stereocenters. The molecule has 2 N–H and O–H groups in total. The predicted octanol–water partition coefficient (Wildman–Crippen LogP) is 0.233. The summed E-state index contributed by atoms with van der Waals surface area (Å²) in [6.45, 7) is 5.10. The van der Waals surface area contributed by atoms with Gasteiger partial charge in [-0.3, -0.25) is 9.59 Å². The Labute approximate surface area is 108 Å². The van der Waals surface area contributed by atoms with E-state index in [1.807, 2.05) is 0 Å². The Kier molecular flexibility index (Phi) is 10.3. The van der Waals surface area contributed by atoms with Crippen LogP contribution in [0.3, 0.4) is 0 Å². The van der Waals surface area contributed by atoms with Gasteiger partial charge in [-0.25, -0.2) is 0 Å². The number of aliphatic hydroxyl groups excluding tert-OH is 1. The first-order valence-electron chi connectivity index (χ1n) is 6.30. The number of nitrogens with one attached hydrogen (secondary N) is 1. The van der Waals surface area contributed by atoms with Crippen LogP contribution < -0.4 is 5.32 Å². The number of carbonyl (C=O) groups excluding carboxylic acids is 2. The zero-order valence-corrected chi connectivity index (χ0v) is 11.1. The number of hydrogen-bond acceptors (Lipinski definition) is 6. The maximum atomic E-state index is 11.0. The first-order valence-corrected chi connectivity index (χ1v) is 6.30. The van der Waals surface area contributed by atoms with Crippen molar-refractivity contribution < 1.29 is 24.2 Å². The van der Waals surface area contributed by atoms with E-state index in [2.05, 4.69) is 5.32 Å². The number of hydrogen-bond donors (Lipinski definition) is 2. The Bertz CT molecular complexity index is 245. The van der Waals surface area contributed by atoms with Crippen molar-refractivity contribution in [1.29, 1.82) is 0 Å². The first kappa shape index (κ1) is 16.9. The molecule has 0 radical (unpaired) electrons. The average molecular weight is 261 g/mol. The highest BCUT2D eigenvalue weighted by atomic mass is 16.5. The van der Waals surface area contributed by atoms with Gasteiger partial charge in [0, 0.05) is 13.0 Å². The lowest BCUT2D eigenvalue weighted by Crippen LogP contribution is -2.30. The fourth-order valence-corrected chi connectivity index (χ4v) is 1.34. The molecule has 0 amide bonds. The molecule has 0 bridgehead atoms. The van der Waals surface area contributed by atoms with Gasteiger partial charge in [-0.1, -0.05) is 0 Å². The lowest BCUT2D eigenvalue weighted by atomic mass is 10.2. The van der Waals surface area contributed by atoms with Gasteiger partial charge in [-0.15, -0.1) is 0 Å². The van der Waals surface area contributed by atoms with Crippen molar-refractivity contribution in [3.05, 3.63) is 0 Å². The molecular weight excluding hydrogens is 238 g/mol. The van der Waals surface area contributed by atoms with Crippen molar-refractivity contribution in [2.24, 2.45) is 0 Å². The molecule has 0 saturated heterocycles. The number of rotatable bonds is 10. The minimum atomic E-state index is -0.758. The first-order chi connectivity index (χ1) is 8.60. The second-order valence-electron chi connectivity index (χ2n) is 3.78. The Hall–Kier alpha value is -1.14. The molecule has 0 aliphatic heterocycles. The summed E-state index contributed by atoms with van der Waals surface area (Å²) >= 11 is 0. The lowest BCUT2D eigenvalue weighted by Gasteiger charge is -2.10. The maximum absolute atomic E-state index is 11.0. The van der Waals surface area contributed by atoms with Gasteiger partial charge in [-0.2, -0.15) is 0 Å². The van der Waals surface area contributed by atoms with E-state index in [1.54, 1.807) is 13.8 Å². The third-order valence-electron chi connectivity index (χ3n) is 2.13. The van der Waals surface area contributed by atoms with Crippen LogP contribution in [-0.2, 0) is 19.1 Å². The van der Waals surface area contributed by atoms with Crippen LogP contribution in [0, 0.1) is 0 Å². The number of carbonyl (C=O) groups is 2. The van der Waals surface area contributed by atoms with Crippen molar-refractivity contribution in [2.75, 3.05) is 26.3 Å². The topological polar surface area (TPSA) is 84.9 Å². The third-order valence-corrected chi connectivity index (χ3v) is 2.13. The van der Waals surface area contributed by atoms with Gasteiger partial charge in [0.15, 0.2) is 0 Å². The highest BCUT2D eigenvalue weighted by Crippen LogP contribution is 1.95. The zero-order chi connectivity index (χ0) is 13.8. The van der Waals surface area contributed by atoms with E-state index in [4.69, 9.17) is 9.47 Å². The van der Waals surface area contributed by atoms with Crippen LogP contribution >= 0.6 is 0 Å². The molecule has 0 aliphatic carbocycles. The van der Waals surface area contributed by atoms with Crippen LogP contribution in [0.2, 0.25) is 0 Å². The van der Waals surface area contributed by atoms with Crippen molar-refractivity contribution in [3.63, 3.8) is 0 Å². The quantitative estimate of drug-likeness (QED) is 0.432. The van der Waals surface area contributed by atoms with Crippen molar-refractivity contribution in [2.45, 2.75) is 39.2 Å². The number of aliphatic hydroxyl groups is 1. The summed E-state index contributed by atoms with van der Waals surface area (Å²) < 4.78 is 9.48. The van der Waals surface area contributed by atoms with E-state index in [9.17, 15) is 14.7 Å². The summed E-state index contributed by atoms with van der Waals surface area (Å²) in [4.78, 5) is 22.0. The van der Waals surface area contributed by atoms with Gasteiger partial charge in [0.2, 0.25) is 0 Å². The molecule has 0 fully saturated rings. The van der Waals surface area contributed by atoms with Crippen molar-refractivity contribution in [3.8, 4) is 0 Å².